The van der Waals surface area contributed by atoms with Gasteiger partial charge in [0.2, 0.25) is 5.78 Å². The van der Waals surface area contributed by atoms with Crippen LogP contribution in [0.1, 0.15) is 33.8 Å². The number of benzene rings is 2. The van der Waals surface area contributed by atoms with E-state index in [0.29, 0.717) is 48.5 Å². The number of methoxy groups -OCH3 is 1. The van der Waals surface area contributed by atoms with E-state index in [1.165, 1.54) is 28.4 Å². The van der Waals surface area contributed by atoms with Gasteiger partial charge in [0, 0.05) is 44.9 Å². The molecule has 0 aliphatic carbocycles. The molecule has 188 valence electrons. The number of aromatic hydroxyl groups is 1. The Morgan fingerprint density at radius 2 is 1.83 bits per heavy atom. The summed E-state index contributed by atoms with van der Waals surface area (Å²) in [6, 6.07) is 8.37. The molecule has 1 fully saturated rings. The van der Waals surface area contributed by atoms with Crippen LogP contribution in [0.5, 0.6) is 11.5 Å². The summed E-state index contributed by atoms with van der Waals surface area (Å²) in [5.41, 5.74) is 2.52. The highest BCUT2D eigenvalue weighted by molar-refractivity contribution is 6.12. The van der Waals surface area contributed by atoms with Crippen molar-refractivity contribution in [3.05, 3.63) is 69.5 Å². The number of morpholine rings is 1. The first-order chi connectivity index (χ1) is 17.3. The summed E-state index contributed by atoms with van der Waals surface area (Å²) < 4.78 is 19.4. The average Bonchev–Trinajstić information content (AvgIpc) is 3.31. The third-order valence-corrected chi connectivity index (χ3v) is 6.84. The van der Waals surface area contributed by atoms with Gasteiger partial charge in [0.25, 0.3) is 0 Å². The van der Waals surface area contributed by atoms with E-state index < -0.39 is 11.9 Å². The normalized spacial score (nSPS) is 17.4. The lowest BCUT2D eigenvalue weighted by Gasteiger charge is -2.25. The van der Waals surface area contributed by atoms with Crippen LogP contribution in [0.15, 0.2) is 47.1 Å². The van der Waals surface area contributed by atoms with Crippen molar-refractivity contribution < 1.29 is 28.9 Å². The lowest BCUT2D eigenvalue weighted by molar-refractivity contribution is -0.140. The second-order valence-electron chi connectivity index (χ2n) is 8.93. The number of fused-ring (bicyclic) bond motifs is 2. The van der Waals surface area contributed by atoms with E-state index in [2.05, 4.69) is 0 Å². The molecule has 10 heteroatoms. The van der Waals surface area contributed by atoms with E-state index in [1.54, 1.807) is 32.4 Å². The largest absolute Gasteiger partial charge is 0.508 e. The van der Waals surface area contributed by atoms with Gasteiger partial charge in [-0.15, -0.1) is 0 Å². The summed E-state index contributed by atoms with van der Waals surface area (Å²) in [6.45, 7) is 2.38. The summed E-state index contributed by atoms with van der Waals surface area (Å²) in [5, 5.41) is 11.0. The van der Waals surface area contributed by atoms with Crippen molar-refractivity contribution in [3.8, 4) is 11.5 Å². The Hall–Kier alpha value is -4.05. The van der Waals surface area contributed by atoms with Gasteiger partial charge in [-0.25, -0.2) is 4.79 Å². The van der Waals surface area contributed by atoms with Gasteiger partial charge in [-0.05, 0) is 29.8 Å². The molecule has 0 spiro atoms. The van der Waals surface area contributed by atoms with Gasteiger partial charge >= 0.3 is 11.7 Å². The fraction of sp³-hybridized carbons (Fsp3) is 0.346. The number of imidazole rings is 1. The van der Waals surface area contributed by atoms with Crippen LogP contribution in [0.2, 0.25) is 0 Å². The lowest BCUT2D eigenvalue weighted by Crippen LogP contribution is -2.32. The highest BCUT2D eigenvalue weighted by Gasteiger charge is 2.36. The zero-order valence-electron chi connectivity index (χ0n) is 20.3. The number of phenols is 1. The number of phenolic OH excluding ortho intramolecular Hbond substituents is 1. The van der Waals surface area contributed by atoms with Crippen LogP contribution in [-0.4, -0.2) is 64.3 Å². The number of ether oxygens (including phenoxy) is 3. The third-order valence-electron chi connectivity index (χ3n) is 6.84. The first-order valence-electron chi connectivity index (χ1n) is 11.6. The molecule has 2 aliphatic rings. The van der Waals surface area contributed by atoms with Crippen molar-refractivity contribution in [2.24, 2.45) is 14.1 Å². The van der Waals surface area contributed by atoms with Gasteiger partial charge in [0.1, 0.15) is 11.5 Å². The molecule has 2 aliphatic heterocycles. The maximum Gasteiger partial charge on any atom is 0.328 e. The van der Waals surface area contributed by atoms with Crippen molar-refractivity contribution >= 4 is 22.8 Å². The predicted octanol–water partition coefficient (Wildman–Crippen LogP) is 2.03. The molecule has 1 aromatic heterocycles. The van der Waals surface area contributed by atoms with Crippen molar-refractivity contribution in [1.82, 2.24) is 14.0 Å². The number of esters is 1. The molecular weight excluding hydrogens is 466 g/mol. The number of nitrogens with zero attached hydrogens (tertiary/aromatic N) is 3. The van der Waals surface area contributed by atoms with E-state index >= 15 is 0 Å². The van der Waals surface area contributed by atoms with E-state index in [0.717, 1.165) is 5.52 Å². The topological polar surface area (TPSA) is 112 Å². The van der Waals surface area contributed by atoms with Crippen LogP contribution >= 0.6 is 0 Å². The summed E-state index contributed by atoms with van der Waals surface area (Å²) in [7, 11) is 4.65. The minimum atomic E-state index is -0.692. The standard InChI is InChI=1S/C26H27N3O7/c1-27-18-6-4-15(12-19(18)28(2)26(27)33)17(13-22(31)34-3)23-20(30)7-5-16-24(32)21(36-25(16)23)14-29-8-10-35-11-9-29/h4-7,12,14,17,30H,8-11,13H2,1-3H3/b21-14-. The summed E-state index contributed by atoms with van der Waals surface area (Å²) in [5.74, 6) is -1.22. The fourth-order valence-electron chi connectivity index (χ4n) is 4.84. The van der Waals surface area contributed by atoms with Gasteiger partial charge in [-0.1, -0.05) is 6.07 Å². The van der Waals surface area contributed by atoms with Gasteiger partial charge in [-0.2, -0.15) is 0 Å². The fourth-order valence-corrected chi connectivity index (χ4v) is 4.84. The summed E-state index contributed by atoms with van der Waals surface area (Å²) >= 11 is 0. The molecule has 0 radical (unpaired) electrons. The minimum Gasteiger partial charge on any atom is -0.508 e. The number of rotatable bonds is 5. The van der Waals surface area contributed by atoms with E-state index in [-0.39, 0.29) is 35.2 Å². The molecule has 1 saturated heterocycles. The summed E-state index contributed by atoms with van der Waals surface area (Å²) in [6.07, 6.45) is 1.57. The quantitative estimate of drug-likeness (QED) is 0.425. The number of carbonyl (C=O) groups excluding carboxylic acids is 2. The minimum absolute atomic E-state index is 0.104. The van der Waals surface area contributed by atoms with Crippen LogP contribution in [0, 0.1) is 0 Å². The molecule has 5 rings (SSSR count). The first kappa shape index (κ1) is 23.7. The van der Waals surface area contributed by atoms with E-state index in [4.69, 9.17) is 14.2 Å². The van der Waals surface area contributed by atoms with Crippen molar-refractivity contribution in [2.75, 3.05) is 33.4 Å². The molecule has 3 aromatic rings. The molecule has 1 unspecified atom stereocenters. The highest BCUT2D eigenvalue weighted by Crippen LogP contribution is 2.46. The zero-order valence-corrected chi connectivity index (χ0v) is 20.3. The Morgan fingerprint density at radius 3 is 2.56 bits per heavy atom. The molecule has 36 heavy (non-hydrogen) atoms. The SMILES string of the molecule is COC(=O)CC(c1ccc2c(c1)n(C)c(=O)n2C)c1c(O)ccc2c1O/C(=C\N1CCOCC1)C2=O. The molecule has 2 aromatic carbocycles. The predicted molar refractivity (Wildman–Crippen MR) is 130 cm³/mol. The van der Waals surface area contributed by atoms with Crippen LogP contribution in [0.3, 0.4) is 0 Å². The number of aryl methyl sites for hydroxylation is 2. The number of hydrogen-bond acceptors (Lipinski definition) is 8. The van der Waals surface area contributed by atoms with E-state index in [1.807, 2.05) is 11.0 Å². The Morgan fingerprint density at radius 1 is 1.11 bits per heavy atom. The molecule has 1 atom stereocenters. The van der Waals surface area contributed by atoms with Crippen molar-refractivity contribution in [1.29, 1.82) is 0 Å². The average molecular weight is 494 g/mol. The molecule has 0 amide bonds. The van der Waals surface area contributed by atoms with Crippen LogP contribution < -0.4 is 10.4 Å². The van der Waals surface area contributed by atoms with Gasteiger partial charge < -0.3 is 24.2 Å². The number of allylic oxidation sites excluding steroid dienone is 1. The highest BCUT2D eigenvalue weighted by atomic mass is 16.5. The molecule has 0 saturated carbocycles. The van der Waals surface area contributed by atoms with E-state index in [9.17, 15) is 19.5 Å². The van der Waals surface area contributed by atoms with Crippen LogP contribution in [-0.2, 0) is 28.4 Å². The van der Waals surface area contributed by atoms with Crippen molar-refractivity contribution in [3.63, 3.8) is 0 Å². The molecule has 1 N–H and O–H groups in total. The van der Waals surface area contributed by atoms with Crippen LogP contribution in [0.25, 0.3) is 11.0 Å². The number of ketones is 1. The van der Waals surface area contributed by atoms with Crippen LogP contribution in [0.4, 0.5) is 0 Å². The lowest BCUT2D eigenvalue weighted by atomic mass is 9.86. The zero-order chi connectivity index (χ0) is 25.6. The van der Waals surface area contributed by atoms with Gasteiger partial charge in [0.05, 0.1) is 43.3 Å². The van der Waals surface area contributed by atoms with Gasteiger partial charge in [-0.3, -0.25) is 18.7 Å². The smallest absolute Gasteiger partial charge is 0.328 e. The Balaban J connectivity index is 1.63. The summed E-state index contributed by atoms with van der Waals surface area (Å²) in [4.78, 5) is 40.0. The number of hydrogen-bond donors (Lipinski definition) is 1. The Kier molecular flexibility index (Phi) is 6.05. The number of Topliss-reactive ketones (excluding diaryl/α,β-unsaturated/α-hetero) is 1. The molecule has 0 bridgehead atoms. The first-order valence-corrected chi connectivity index (χ1v) is 11.6. The molecule has 10 nitrogen and oxygen atoms in total. The second kappa shape index (κ2) is 9.19. The number of carbonyl (C=O) groups is 2. The third kappa shape index (κ3) is 3.93. The Labute approximate surface area is 206 Å². The molecular formula is C26H27N3O7. The maximum absolute atomic E-state index is 13.2. The number of aromatic nitrogens is 2. The Bertz CT molecular complexity index is 1460. The van der Waals surface area contributed by atoms with Gasteiger partial charge in [0.15, 0.2) is 5.76 Å². The maximum atomic E-state index is 13.2. The monoisotopic (exact) mass is 493 g/mol. The molecule has 3 heterocycles. The van der Waals surface area contributed by atoms with Crippen molar-refractivity contribution in [2.45, 2.75) is 12.3 Å². The second-order valence-corrected chi connectivity index (χ2v) is 8.93.